The highest BCUT2D eigenvalue weighted by molar-refractivity contribution is 7.13. The van der Waals surface area contributed by atoms with Crippen LogP contribution in [-0.2, 0) is 38.4 Å². The minimum atomic E-state index is -2.87. The lowest BCUT2D eigenvalue weighted by Crippen LogP contribution is -2.56. The fourth-order valence-corrected chi connectivity index (χ4v) is 6.93. The smallest absolute Gasteiger partial charge is 0.372 e. The number of nitrogen functional groups attached to an aromatic ring is 1. The molecular weight excluding hydrogens is 698 g/mol. The molecule has 1 aliphatic carbocycles. The van der Waals surface area contributed by atoms with Crippen LogP contribution in [0.15, 0.2) is 22.7 Å². The van der Waals surface area contributed by atoms with Gasteiger partial charge >= 0.3 is 23.6 Å². The maximum Gasteiger partial charge on any atom is 0.372 e. The number of Topliss-reactive ketones (excluding diaryl/α,β-unsaturated/α-hetero) is 1. The molecule has 1 unspecified atom stereocenters. The number of carbonyl (C=O) groups is 7. The molecule has 1 aromatic carbocycles. The molecule has 270 valence electrons. The second-order valence-corrected chi connectivity index (χ2v) is 14.3. The van der Waals surface area contributed by atoms with Gasteiger partial charge in [-0.15, -0.1) is 11.3 Å². The van der Waals surface area contributed by atoms with Crippen LogP contribution in [0.4, 0.5) is 5.13 Å². The molecule has 6 rings (SSSR count). The lowest BCUT2D eigenvalue weighted by molar-refractivity contribution is -0.256. The van der Waals surface area contributed by atoms with Crippen LogP contribution in [0.1, 0.15) is 78.8 Å². The Morgan fingerprint density at radius 1 is 1.02 bits per heavy atom. The number of aliphatic carboxylic acids is 2. The van der Waals surface area contributed by atoms with Crippen LogP contribution in [0.5, 0.6) is 11.5 Å². The summed E-state index contributed by atoms with van der Waals surface area (Å²) in [6.45, 7) is 3.40. The van der Waals surface area contributed by atoms with Gasteiger partial charge in [-0.1, -0.05) is 19.0 Å². The zero-order valence-corrected chi connectivity index (χ0v) is 27.8. The molecule has 3 amide bonds. The number of benzene rings is 1. The number of amides is 3. The molecular formula is C31H31N5O14S. The topological polar surface area (TPSA) is 286 Å². The number of phenols is 2. The number of anilines is 1. The van der Waals surface area contributed by atoms with Gasteiger partial charge in [-0.3, -0.25) is 28.9 Å². The summed E-state index contributed by atoms with van der Waals surface area (Å²) in [4.78, 5) is 107. The molecule has 2 saturated heterocycles. The molecule has 1 saturated carbocycles. The van der Waals surface area contributed by atoms with E-state index in [1.165, 1.54) is 5.38 Å². The van der Waals surface area contributed by atoms with Gasteiger partial charge in [0, 0.05) is 24.6 Å². The number of hydrogen-bond acceptors (Lipinski definition) is 16. The third kappa shape index (κ3) is 5.88. The van der Waals surface area contributed by atoms with Gasteiger partial charge in [0.2, 0.25) is 5.60 Å². The van der Waals surface area contributed by atoms with Crippen LogP contribution >= 0.6 is 11.3 Å². The lowest BCUT2D eigenvalue weighted by Gasteiger charge is -2.38. The number of phenolic OH excluding ortho intramolecular Hbond substituents is 2. The van der Waals surface area contributed by atoms with Gasteiger partial charge < -0.3 is 35.7 Å². The van der Waals surface area contributed by atoms with Crippen molar-refractivity contribution in [1.82, 2.24) is 14.9 Å². The van der Waals surface area contributed by atoms with Gasteiger partial charge in [-0.05, 0) is 30.4 Å². The molecule has 6 N–H and O–H groups in total. The monoisotopic (exact) mass is 729 g/mol. The summed E-state index contributed by atoms with van der Waals surface area (Å²) >= 11 is 0.960. The number of hydrogen-bond donors (Lipinski definition) is 5. The number of carboxylic acids is 2. The summed E-state index contributed by atoms with van der Waals surface area (Å²) in [7, 11) is 0. The van der Waals surface area contributed by atoms with E-state index in [0.717, 1.165) is 23.5 Å². The van der Waals surface area contributed by atoms with Crippen molar-refractivity contribution in [2.75, 3.05) is 12.3 Å². The van der Waals surface area contributed by atoms with Gasteiger partial charge in [-0.25, -0.2) is 19.4 Å². The fourth-order valence-electron chi connectivity index (χ4n) is 6.38. The average Bonchev–Trinajstić information content (AvgIpc) is 3.80. The van der Waals surface area contributed by atoms with E-state index in [2.05, 4.69) is 10.1 Å². The maximum atomic E-state index is 13.7. The first-order valence-electron chi connectivity index (χ1n) is 15.5. The highest BCUT2D eigenvalue weighted by Crippen LogP contribution is 2.44. The minimum Gasteiger partial charge on any atom is -0.504 e. The van der Waals surface area contributed by atoms with Gasteiger partial charge in [0.1, 0.15) is 11.7 Å². The van der Waals surface area contributed by atoms with Crippen molar-refractivity contribution in [3.63, 3.8) is 0 Å². The quantitative estimate of drug-likeness (QED) is 0.0750. The Morgan fingerprint density at radius 2 is 1.63 bits per heavy atom. The second-order valence-electron chi connectivity index (χ2n) is 13.4. The second kappa shape index (κ2) is 12.3. The summed E-state index contributed by atoms with van der Waals surface area (Å²) in [5.74, 6) is -11.5. The van der Waals surface area contributed by atoms with Crippen molar-refractivity contribution in [3.8, 4) is 11.5 Å². The largest absolute Gasteiger partial charge is 0.504 e. The number of aromatic hydroxyl groups is 2. The molecule has 3 atom stereocenters. The summed E-state index contributed by atoms with van der Waals surface area (Å²) in [5, 5.41) is 45.5. The molecule has 1 aromatic heterocycles. The Labute approximate surface area is 291 Å². The van der Waals surface area contributed by atoms with Crippen LogP contribution in [0.25, 0.3) is 0 Å². The summed E-state index contributed by atoms with van der Waals surface area (Å²) in [5.41, 5.74) is -0.217. The van der Waals surface area contributed by atoms with Crippen molar-refractivity contribution in [2.45, 2.75) is 69.7 Å². The summed E-state index contributed by atoms with van der Waals surface area (Å²) in [6, 6.07) is -0.248. The number of thiazole rings is 1. The van der Waals surface area contributed by atoms with Gasteiger partial charge in [0.25, 0.3) is 17.7 Å². The van der Waals surface area contributed by atoms with Gasteiger partial charge in [-0.2, -0.15) is 5.06 Å². The molecule has 0 radical (unpaired) electrons. The van der Waals surface area contributed by atoms with Crippen LogP contribution in [0.2, 0.25) is 0 Å². The molecule has 19 nitrogen and oxygen atoms in total. The number of ketones is 1. The summed E-state index contributed by atoms with van der Waals surface area (Å²) < 4.78 is 5.15. The van der Waals surface area contributed by atoms with E-state index >= 15 is 0 Å². The van der Waals surface area contributed by atoms with Gasteiger partial charge in [0.05, 0.1) is 30.1 Å². The molecule has 4 heterocycles. The van der Waals surface area contributed by atoms with Crippen molar-refractivity contribution in [3.05, 3.63) is 34.3 Å². The number of cyclic esters (lactones) is 1. The number of nitrogens with zero attached hydrogens (tertiary/aromatic N) is 4. The first-order chi connectivity index (χ1) is 23.9. The molecule has 3 fully saturated rings. The number of esters is 1. The Hall–Kier alpha value is -5.63. The third-order valence-electron chi connectivity index (χ3n) is 9.53. The molecule has 0 spiro atoms. The highest BCUT2D eigenvalue weighted by Gasteiger charge is 2.65. The van der Waals surface area contributed by atoms with Gasteiger partial charge in [0.15, 0.2) is 28.1 Å². The molecule has 0 bridgehead atoms. The van der Waals surface area contributed by atoms with E-state index in [0.29, 0.717) is 17.7 Å². The zero-order valence-electron chi connectivity index (χ0n) is 27.0. The van der Waals surface area contributed by atoms with E-state index in [-0.39, 0.29) is 45.3 Å². The Morgan fingerprint density at radius 3 is 2.16 bits per heavy atom. The Bertz CT molecular complexity index is 1890. The van der Waals surface area contributed by atoms with Crippen molar-refractivity contribution >= 4 is 63.6 Å². The Balaban J connectivity index is 1.22. The number of rotatable bonds is 10. The lowest BCUT2D eigenvalue weighted by atomic mass is 9.71. The van der Waals surface area contributed by atoms with E-state index in [1.54, 1.807) is 0 Å². The van der Waals surface area contributed by atoms with Crippen LogP contribution in [-0.4, -0.2) is 106 Å². The highest BCUT2D eigenvalue weighted by atomic mass is 32.1. The normalized spacial score (nSPS) is 25.6. The average molecular weight is 730 g/mol. The van der Waals surface area contributed by atoms with Crippen molar-refractivity contribution < 1.29 is 68.4 Å². The number of oxime groups is 1. The van der Waals surface area contributed by atoms with Crippen LogP contribution in [0, 0.1) is 11.3 Å². The predicted octanol–water partition coefficient (Wildman–Crippen LogP) is 1.02. The number of aromatic nitrogens is 1. The number of nitrogens with two attached hydrogens (primary N) is 1. The molecule has 51 heavy (non-hydrogen) atoms. The van der Waals surface area contributed by atoms with E-state index in [9.17, 15) is 54.0 Å². The fraction of sp³-hybridized carbons (Fsp3) is 0.452. The standard InChI is InChI=1S/C31H31N5O14S/c1-29(2)3-5-30(6-4-29,26(44)45)50-34-21(16-12-51-28(32)33-16)20(39)7-13-11-48-36(22(13)40)31(27(46)47)10-17(25(43)49-31)35-23(41)14-8-18(37)19(38)9-15(14)24(35)42/h8-9,12-13,17,37-38H,3-7,10-11H2,1-2H3,(H2,32,33)(H,44,45)(H,46,47)/b34-21-/t13-,17-,31?/m0/s1. The number of hydroxylamine groups is 2. The third-order valence-corrected chi connectivity index (χ3v) is 10.2. The van der Waals surface area contributed by atoms with E-state index < -0.39 is 101 Å². The van der Waals surface area contributed by atoms with E-state index in [1.807, 2.05) is 13.8 Å². The zero-order chi connectivity index (χ0) is 37.2. The number of fused-ring (bicyclic) bond motifs is 1. The first kappa shape index (κ1) is 35.2. The van der Waals surface area contributed by atoms with E-state index in [4.69, 9.17) is 20.1 Å². The SMILES string of the molecule is CC1(C)CCC(O/N=C(\C(=O)C[C@H]2CON(C3(C(=O)O)C[C@H](N4C(=O)c5cc(O)c(O)cc5C4=O)C(=O)O3)C2=O)c2csc(N)n2)(C(=O)O)CC1. The summed E-state index contributed by atoms with van der Waals surface area (Å²) in [6.07, 6.45) is -0.423. The van der Waals surface area contributed by atoms with Crippen molar-refractivity contribution in [2.24, 2.45) is 16.5 Å². The molecule has 2 aromatic rings. The maximum absolute atomic E-state index is 13.7. The van der Waals surface area contributed by atoms with Crippen LogP contribution < -0.4 is 5.73 Å². The van der Waals surface area contributed by atoms with Crippen molar-refractivity contribution in [1.29, 1.82) is 0 Å². The Kier molecular flexibility index (Phi) is 8.49. The molecule has 3 aliphatic heterocycles. The molecule has 4 aliphatic rings. The van der Waals surface area contributed by atoms with Crippen LogP contribution in [0.3, 0.4) is 0 Å². The number of imide groups is 1. The number of ether oxygens (including phenoxy) is 1. The first-order valence-corrected chi connectivity index (χ1v) is 16.4. The number of carboxylic acid groups (broad SMARTS) is 2. The minimum absolute atomic E-state index is 0.0528. The number of carbonyl (C=O) groups excluding carboxylic acids is 5. The molecule has 20 heteroatoms. The predicted molar refractivity (Wildman–Crippen MR) is 168 cm³/mol.